The second-order valence-corrected chi connectivity index (χ2v) is 3.70. The van der Waals surface area contributed by atoms with Gasteiger partial charge in [0, 0.05) is 5.56 Å². The number of primary amides is 1. The minimum atomic E-state index is -0.877. The van der Waals surface area contributed by atoms with E-state index in [1.54, 1.807) is 24.3 Å². The maximum atomic E-state index is 10.6. The second kappa shape index (κ2) is 5.49. The highest BCUT2D eigenvalue weighted by Crippen LogP contribution is 2.21. The van der Waals surface area contributed by atoms with Gasteiger partial charge in [-0.2, -0.15) is 15.0 Å². The smallest absolute Gasteiger partial charge is 0.409 e. The van der Waals surface area contributed by atoms with E-state index in [4.69, 9.17) is 26.8 Å². The molecule has 0 aliphatic carbocycles. The van der Waals surface area contributed by atoms with Crippen LogP contribution >= 0.6 is 11.6 Å². The summed E-state index contributed by atoms with van der Waals surface area (Å²) in [6.07, 6.45) is -0.877. The summed E-state index contributed by atoms with van der Waals surface area (Å²) in [6.45, 7) is 0. The topological polar surface area (TPSA) is 100 Å². The van der Waals surface area contributed by atoms with Gasteiger partial charge in [-0.3, -0.25) is 0 Å². The molecule has 7 nitrogen and oxygen atoms in total. The maximum absolute atomic E-state index is 10.6. The summed E-state index contributed by atoms with van der Waals surface area (Å²) in [4.78, 5) is 22.4. The lowest BCUT2D eigenvalue weighted by Crippen LogP contribution is -2.16. The monoisotopic (exact) mass is 280 g/mol. The van der Waals surface area contributed by atoms with Crippen molar-refractivity contribution < 1.29 is 14.3 Å². The van der Waals surface area contributed by atoms with Gasteiger partial charge < -0.3 is 15.2 Å². The molecule has 19 heavy (non-hydrogen) atoms. The molecule has 1 aromatic carbocycles. The molecular formula is C11H9ClN4O3. The summed E-state index contributed by atoms with van der Waals surface area (Å²) in [5.41, 5.74) is 5.57. The number of carbonyl (C=O) groups excluding carboxylic acids is 1. The molecule has 0 unspecified atom stereocenters. The van der Waals surface area contributed by atoms with Gasteiger partial charge >= 0.3 is 12.1 Å². The number of hydrogen-bond acceptors (Lipinski definition) is 6. The van der Waals surface area contributed by atoms with E-state index in [9.17, 15) is 4.79 Å². The molecule has 0 spiro atoms. The summed E-state index contributed by atoms with van der Waals surface area (Å²) in [5.74, 6) is 0.672. The molecule has 8 heteroatoms. The molecule has 0 bridgehead atoms. The van der Waals surface area contributed by atoms with E-state index in [2.05, 4.69) is 15.0 Å². The third-order valence-electron chi connectivity index (χ3n) is 2.10. The van der Waals surface area contributed by atoms with E-state index in [1.165, 1.54) is 7.11 Å². The lowest BCUT2D eigenvalue weighted by atomic mass is 10.2. The van der Waals surface area contributed by atoms with E-state index >= 15 is 0 Å². The lowest BCUT2D eigenvalue weighted by Gasteiger charge is -2.04. The van der Waals surface area contributed by atoms with E-state index in [0.717, 1.165) is 0 Å². The van der Waals surface area contributed by atoms with Crippen LogP contribution in [0.1, 0.15) is 0 Å². The fourth-order valence-electron chi connectivity index (χ4n) is 1.34. The number of ether oxygens (including phenoxy) is 2. The summed E-state index contributed by atoms with van der Waals surface area (Å²) < 4.78 is 9.61. The van der Waals surface area contributed by atoms with E-state index < -0.39 is 6.09 Å². The number of hydrogen-bond donors (Lipinski definition) is 1. The number of nitrogens with two attached hydrogens (primary N) is 1. The molecular weight excluding hydrogens is 272 g/mol. The number of methoxy groups -OCH3 is 1. The van der Waals surface area contributed by atoms with E-state index in [1.807, 2.05) is 0 Å². The van der Waals surface area contributed by atoms with Crippen LogP contribution in [0.15, 0.2) is 24.3 Å². The highest BCUT2D eigenvalue weighted by Gasteiger charge is 2.08. The molecule has 1 amide bonds. The molecule has 1 aromatic heterocycles. The third kappa shape index (κ3) is 3.29. The lowest BCUT2D eigenvalue weighted by molar-refractivity contribution is 0.211. The highest BCUT2D eigenvalue weighted by atomic mass is 35.5. The fourth-order valence-corrected chi connectivity index (χ4v) is 1.49. The zero-order valence-electron chi connectivity index (χ0n) is 9.83. The Morgan fingerprint density at radius 3 is 2.47 bits per heavy atom. The Bertz CT molecular complexity index is 603. The summed E-state index contributed by atoms with van der Waals surface area (Å²) in [7, 11) is 1.43. The van der Waals surface area contributed by atoms with Crippen LogP contribution in [0, 0.1) is 0 Å². The Hall–Kier alpha value is -2.41. The summed E-state index contributed by atoms with van der Waals surface area (Å²) in [6, 6.07) is 6.55. The van der Waals surface area contributed by atoms with Gasteiger partial charge in [0.25, 0.3) is 0 Å². The number of rotatable bonds is 3. The SMILES string of the molecule is COc1nc(Cl)nc(-c2ccc(OC(N)=O)cc2)n1. The van der Waals surface area contributed by atoms with E-state index in [0.29, 0.717) is 17.1 Å². The molecule has 2 rings (SSSR count). The molecule has 98 valence electrons. The summed E-state index contributed by atoms with van der Waals surface area (Å²) in [5, 5.41) is 0.0271. The van der Waals surface area contributed by atoms with E-state index in [-0.39, 0.29) is 11.3 Å². The average molecular weight is 281 g/mol. The molecule has 0 saturated carbocycles. The molecule has 0 aliphatic heterocycles. The standard InChI is InChI=1S/C11H9ClN4O3/c1-18-11-15-8(14-9(12)16-11)6-2-4-7(5-3-6)19-10(13)17/h2-5H,1H3,(H2,13,17). The predicted octanol–water partition coefficient (Wildman–Crippen LogP) is 1.66. The van der Waals surface area contributed by atoms with Gasteiger partial charge in [0.15, 0.2) is 5.82 Å². The Kier molecular flexibility index (Phi) is 3.76. The van der Waals surface area contributed by atoms with Crippen LogP contribution in [-0.2, 0) is 0 Å². The predicted molar refractivity (Wildman–Crippen MR) is 67.0 cm³/mol. The molecule has 0 saturated heterocycles. The van der Waals surface area contributed by atoms with Crippen molar-refractivity contribution in [3.05, 3.63) is 29.5 Å². The van der Waals surface area contributed by atoms with Crippen molar-refractivity contribution in [3.8, 4) is 23.1 Å². The number of benzene rings is 1. The molecule has 0 aliphatic rings. The van der Waals surface area contributed by atoms with Crippen LogP contribution in [0.2, 0.25) is 5.28 Å². The van der Waals surface area contributed by atoms with Crippen molar-refractivity contribution in [3.63, 3.8) is 0 Å². The minimum Gasteiger partial charge on any atom is -0.467 e. The minimum absolute atomic E-state index is 0.0271. The molecule has 0 fully saturated rings. The number of amides is 1. The number of carbonyl (C=O) groups is 1. The van der Waals surface area contributed by atoms with Gasteiger partial charge in [-0.05, 0) is 35.9 Å². The van der Waals surface area contributed by atoms with Crippen molar-refractivity contribution in [2.75, 3.05) is 7.11 Å². The first kappa shape index (κ1) is 13.0. The summed E-state index contributed by atoms with van der Waals surface area (Å²) >= 11 is 5.75. The average Bonchev–Trinajstić information content (AvgIpc) is 2.38. The zero-order chi connectivity index (χ0) is 13.8. The van der Waals surface area contributed by atoms with Crippen molar-refractivity contribution >= 4 is 17.7 Å². The molecule has 1 heterocycles. The molecule has 2 N–H and O–H groups in total. The van der Waals surface area contributed by atoms with Crippen LogP contribution < -0.4 is 15.2 Å². The van der Waals surface area contributed by atoms with Gasteiger partial charge in [0.05, 0.1) is 7.11 Å². The van der Waals surface area contributed by atoms with Crippen LogP contribution in [0.3, 0.4) is 0 Å². The maximum Gasteiger partial charge on any atom is 0.409 e. The first-order valence-corrected chi connectivity index (χ1v) is 5.49. The van der Waals surface area contributed by atoms with Crippen molar-refractivity contribution in [2.24, 2.45) is 5.73 Å². The Labute approximate surface area is 113 Å². The second-order valence-electron chi connectivity index (χ2n) is 3.36. The molecule has 0 atom stereocenters. The van der Waals surface area contributed by atoms with Crippen molar-refractivity contribution in [2.45, 2.75) is 0 Å². The van der Waals surface area contributed by atoms with Gasteiger partial charge in [0.2, 0.25) is 5.28 Å². The van der Waals surface area contributed by atoms with Crippen molar-refractivity contribution in [1.82, 2.24) is 15.0 Å². The Balaban J connectivity index is 2.31. The van der Waals surface area contributed by atoms with Crippen LogP contribution in [0.25, 0.3) is 11.4 Å². The third-order valence-corrected chi connectivity index (χ3v) is 2.27. The normalized spacial score (nSPS) is 10.0. The first-order valence-electron chi connectivity index (χ1n) is 5.12. The number of aromatic nitrogens is 3. The van der Waals surface area contributed by atoms with Gasteiger partial charge in [-0.25, -0.2) is 4.79 Å². The highest BCUT2D eigenvalue weighted by molar-refractivity contribution is 6.28. The van der Waals surface area contributed by atoms with Crippen molar-refractivity contribution in [1.29, 1.82) is 0 Å². The first-order chi connectivity index (χ1) is 9.08. The quantitative estimate of drug-likeness (QED) is 0.917. The Morgan fingerprint density at radius 1 is 1.21 bits per heavy atom. The fraction of sp³-hybridized carbons (Fsp3) is 0.0909. The van der Waals surface area contributed by atoms with Gasteiger partial charge in [-0.1, -0.05) is 0 Å². The van der Waals surface area contributed by atoms with Crippen LogP contribution in [0.5, 0.6) is 11.8 Å². The largest absolute Gasteiger partial charge is 0.467 e. The number of halogens is 1. The van der Waals surface area contributed by atoms with Crippen LogP contribution in [0.4, 0.5) is 4.79 Å². The van der Waals surface area contributed by atoms with Gasteiger partial charge in [0.1, 0.15) is 5.75 Å². The van der Waals surface area contributed by atoms with Crippen LogP contribution in [-0.4, -0.2) is 28.2 Å². The molecule has 2 aromatic rings. The Morgan fingerprint density at radius 2 is 1.89 bits per heavy atom. The molecule has 0 radical (unpaired) electrons. The zero-order valence-corrected chi connectivity index (χ0v) is 10.6. The number of nitrogens with zero attached hydrogens (tertiary/aromatic N) is 3. The van der Waals surface area contributed by atoms with Gasteiger partial charge in [-0.15, -0.1) is 0 Å².